The maximum atomic E-state index is 13.6. The van der Waals surface area contributed by atoms with Crippen LogP contribution < -0.4 is 5.32 Å². The van der Waals surface area contributed by atoms with Crippen molar-refractivity contribution in [2.75, 3.05) is 0 Å². The van der Waals surface area contributed by atoms with Crippen LogP contribution in [0.15, 0.2) is 115 Å². The Morgan fingerprint density at radius 2 is 1.32 bits per heavy atom. The zero-order chi connectivity index (χ0) is 23.6. The van der Waals surface area contributed by atoms with Crippen molar-refractivity contribution in [2.45, 2.75) is 25.6 Å². The summed E-state index contributed by atoms with van der Waals surface area (Å²) in [4.78, 5) is 33.2. The number of carbonyl (C=O) groups is 2. The Morgan fingerprint density at radius 3 is 1.94 bits per heavy atom. The first-order valence-electron chi connectivity index (χ1n) is 11.3. The Kier molecular flexibility index (Phi) is 7.80. The smallest absolute Gasteiger partial charge is 0.247 e. The molecule has 0 aliphatic heterocycles. The van der Waals surface area contributed by atoms with Crippen LogP contribution in [0.4, 0.5) is 0 Å². The molecule has 5 nitrogen and oxygen atoms in total. The van der Waals surface area contributed by atoms with E-state index in [4.69, 9.17) is 0 Å². The lowest BCUT2D eigenvalue weighted by molar-refractivity contribution is -0.141. The summed E-state index contributed by atoms with van der Waals surface area (Å²) in [7, 11) is 0. The molecule has 34 heavy (non-hydrogen) atoms. The first-order valence-corrected chi connectivity index (χ1v) is 11.3. The fourth-order valence-corrected chi connectivity index (χ4v) is 3.86. The molecule has 0 radical (unpaired) electrons. The highest BCUT2D eigenvalue weighted by molar-refractivity contribution is 5.89. The normalized spacial score (nSPS) is 11.4. The molecular weight excluding hydrogens is 422 g/mol. The monoisotopic (exact) mass is 449 g/mol. The van der Waals surface area contributed by atoms with Crippen molar-refractivity contribution >= 4 is 11.8 Å². The van der Waals surface area contributed by atoms with Gasteiger partial charge in [0.2, 0.25) is 11.8 Å². The Labute approximate surface area is 200 Å². The second-order valence-corrected chi connectivity index (χ2v) is 8.02. The molecule has 0 saturated heterocycles. The van der Waals surface area contributed by atoms with Gasteiger partial charge in [-0.25, -0.2) is 0 Å². The second kappa shape index (κ2) is 11.6. The fraction of sp³-hybridized carbons (Fsp3) is 0.138. The lowest BCUT2D eigenvalue weighted by Crippen LogP contribution is -2.44. The third-order valence-corrected chi connectivity index (χ3v) is 5.56. The number of carbonyl (C=O) groups excluding carboxylic acids is 2. The van der Waals surface area contributed by atoms with Crippen molar-refractivity contribution in [2.24, 2.45) is 0 Å². The van der Waals surface area contributed by atoms with E-state index in [1.807, 2.05) is 109 Å². The lowest BCUT2D eigenvalue weighted by Gasteiger charge is -2.32. The van der Waals surface area contributed by atoms with Crippen LogP contribution in [0.1, 0.15) is 28.4 Å². The molecule has 4 aromatic rings. The van der Waals surface area contributed by atoms with E-state index in [0.717, 1.165) is 22.4 Å². The number of amides is 2. The predicted molar refractivity (Wildman–Crippen MR) is 132 cm³/mol. The van der Waals surface area contributed by atoms with Gasteiger partial charge < -0.3 is 10.2 Å². The van der Waals surface area contributed by atoms with Crippen LogP contribution in [0.2, 0.25) is 0 Å². The van der Waals surface area contributed by atoms with Crippen molar-refractivity contribution in [3.05, 3.63) is 138 Å². The molecule has 1 heterocycles. The van der Waals surface area contributed by atoms with Gasteiger partial charge in [0.05, 0.1) is 18.7 Å². The van der Waals surface area contributed by atoms with Gasteiger partial charge in [0, 0.05) is 12.7 Å². The highest BCUT2D eigenvalue weighted by Crippen LogP contribution is 2.25. The van der Waals surface area contributed by atoms with Crippen molar-refractivity contribution in [3.8, 4) is 0 Å². The van der Waals surface area contributed by atoms with E-state index in [-0.39, 0.29) is 24.8 Å². The van der Waals surface area contributed by atoms with Crippen LogP contribution in [0, 0.1) is 0 Å². The molecule has 2 amide bonds. The van der Waals surface area contributed by atoms with E-state index >= 15 is 0 Å². The summed E-state index contributed by atoms with van der Waals surface area (Å²) >= 11 is 0. The molecular formula is C29H27N3O2. The summed E-state index contributed by atoms with van der Waals surface area (Å²) < 4.78 is 0. The van der Waals surface area contributed by atoms with Crippen molar-refractivity contribution in [3.63, 3.8) is 0 Å². The van der Waals surface area contributed by atoms with Crippen molar-refractivity contribution in [1.29, 1.82) is 0 Å². The third kappa shape index (κ3) is 6.17. The van der Waals surface area contributed by atoms with Crippen molar-refractivity contribution in [1.82, 2.24) is 15.2 Å². The first-order chi connectivity index (χ1) is 16.7. The van der Waals surface area contributed by atoms with Crippen molar-refractivity contribution < 1.29 is 9.59 Å². The van der Waals surface area contributed by atoms with Crippen LogP contribution in [0.25, 0.3) is 0 Å². The van der Waals surface area contributed by atoms with Gasteiger partial charge in [0.1, 0.15) is 6.04 Å². The summed E-state index contributed by atoms with van der Waals surface area (Å²) in [6.07, 6.45) is 1.91. The number of nitrogens with zero attached hydrogens (tertiary/aromatic N) is 2. The maximum Gasteiger partial charge on any atom is 0.247 e. The van der Waals surface area contributed by atoms with Gasteiger partial charge in [-0.05, 0) is 28.8 Å². The molecule has 4 rings (SSSR count). The molecule has 1 aromatic heterocycles. The molecule has 0 aliphatic carbocycles. The molecule has 0 aliphatic rings. The zero-order valence-electron chi connectivity index (χ0n) is 18.9. The van der Waals surface area contributed by atoms with E-state index in [9.17, 15) is 9.59 Å². The number of pyridine rings is 1. The molecule has 0 bridgehead atoms. The molecule has 0 fully saturated rings. The highest BCUT2D eigenvalue weighted by Gasteiger charge is 2.31. The molecule has 1 N–H and O–H groups in total. The lowest BCUT2D eigenvalue weighted by atomic mass is 10.0. The largest absolute Gasteiger partial charge is 0.348 e. The standard InChI is InChI=1S/C29H27N3O2/c33-27(20-23-12-4-1-5-13-23)32(22-24-14-6-2-7-15-24)28(25-16-8-3-9-17-25)29(34)31-21-26-18-10-11-19-30-26/h1-19,28H,20-22H2,(H,31,34)/t28-/m0/s1. The summed E-state index contributed by atoms with van der Waals surface area (Å²) in [6, 6.07) is 33.6. The van der Waals surface area contributed by atoms with Gasteiger partial charge in [-0.3, -0.25) is 14.6 Å². The third-order valence-electron chi connectivity index (χ3n) is 5.56. The minimum Gasteiger partial charge on any atom is -0.348 e. The second-order valence-electron chi connectivity index (χ2n) is 8.02. The molecule has 5 heteroatoms. The molecule has 1 atom stereocenters. The van der Waals surface area contributed by atoms with E-state index in [0.29, 0.717) is 6.54 Å². The maximum absolute atomic E-state index is 13.6. The van der Waals surface area contributed by atoms with Gasteiger partial charge in [-0.2, -0.15) is 0 Å². The predicted octanol–water partition coefficient (Wildman–Crippen LogP) is 4.71. The molecule has 170 valence electrons. The van der Waals surface area contributed by atoms with Crippen LogP contribution >= 0.6 is 0 Å². The van der Waals surface area contributed by atoms with Crippen LogP contribution in [0.3, 0.4) is 0 Å². The van der Waals surface area contributed by atoms with Gasteiger partial charge >= 0.3 is 0 Å². The van der Waals surface area contributed by atoms with Gasteiger partial charge in [0.25, 0.3) is 0 Å². The number of aromatic nitrogens is 1. The quantitative estimate of drug-likeness (QED) is 0.403. The first kappa shape index (κ1) is 22.9. The summed E-state index contributed by atoms with van der Waals surface area (Å²) in [5, 5.41) is 2.99. The average molecular weight is 450 g/mol. The van der Waals surface area contributed by atoms with Crippen LogP contribution in [-0.2, 0) is 29.1 Å². The summed E-state index contributed by atoms with van der Waals surface area (Å²) in [6.45, 7) is 0.609. The SMILES string of the molecule is O=C(NCc1ccccn1)[C@H](c1ccccc1)N(Cc1ccccc1)C(=O)Cc1ccccc1. The van der Waals surface area contributed by atoms with E-state index in [2.05, 4.69) is 10.3 Å². The Morgan fingerprint density at radius 1 is 0.735 bits per heavy atom. The Hall–Kier alpha value is -4.25. The number of nitrogens with one attached hydrogen (secondary N) is 1. The topological polar surface area (TPSA) is 62.3 Å². The summed E-state index contributed by atoms with van der Waals surface area (Å²) in [5.41, 5.74) is 3.39. The van der Waals surface area contributed by atoms with Gasteiger partial charge in [-0.1, -0.05) is 97.1 Å². The average Bonchev–Trinajstić information content (AvgIpc) is 2.89. The highest BCUT2D eigenvalue weighted by atomic mass is 16.2. The molecule has 0 spiro atoms. The van der Waals surface area contributed by atoms with Gasteiger partial charge in [0.15, 0.2) is 0 Å². The Balaban J connectivity index is 1.66. The minimum atomic E-state index is -0.777. The number of benzene rings is 3. The Bertz CT molecular complexity index is 1180. The number of hydrogen-bond acceptors (Lipinski definition) is 3. The van der Waals surface area contributed by atoms with E-state index in [1.54, 1.807) is 11.1 Å². The summed E-state index contributed by atoms with van der Waals surface area (Å²) in [5.74, 6) is -0.355. The fourth-order valence-electron chi connectivity index (χ4n) is 3.86. The van der Waals surface area contributed by atoms with Crippen LogP contribution in [-0.4, -0.2) is 21.7 Å². The molecule has 0 unspecified atom stereocenters. The molecule has 3 aromatic carbocycles. The number of hydrogen-bond donors (Lipinski definition) is 1. The zero-order valence-corrected chi connectivity index (χ0v) is 18.9. The molecule has 0 saturated carbocycles. The minimum absolute atomic E-state index is 0.114. The van der Waals surface area contributed by atoms with Crippen LogP contribution in [0.5, 0.6) is 0 Å². The van der Waals surface area contributed by atoms with E-state index < -0.39 is 6.04 Å². The van der Waals surface area contributed by atoms with E-state index in [1.165, 1.54) is 0 Å². The van der Waals surface area contributed by atoms with Gasteiger partial charge in [-0.15, -0.1) is 0 Å². The number of rotatable bonds is 9.